The molecule has 2 N–H and O–H groups in total. The summed E-state index contributed by atoms with van der Waals surface area (Å²) in [4.78, 5) is 25.3. The number of carboxylic acid groups (broad SMARTS) is 1. The summed E-state index contributed by atoms with van der Waals surface area (Å²) in [6.07, 6.45) is 4.67. The fourth-order valence-corrected chi connectivity index (χ4v) is 3.25. The van der Waals surface area contributed by atoms with Gasteiger partial charge in [-0.2, -0.15) is 0 Å². The van der Waals surface area contributed by atoms with E-state index in [0.29, 0.717) is 6.54 Å². The van der Waals surface area contributed by atoms with E-state index in [1.54, 1.807) is 4.90 Å². The number of fused-ring (bicyclic) bond motifs is 2. The number of allylic oxidation sites excluding steroid dienone is 2. The van der Waals surface area contributed by atoms with Gasteiger partial charge in [-0.15, -0.1) is 0 Å². The van der Waals surface area contributed by atoms with Crippen molar-refractivity contribution in [3.63, 3.8) is 0 Å². The number of carboxylic acids is 1. The van der Waals surface area contributed by atoms with Crippen molar-refractivity contribution in [1.29, 1.82) is 0 Å². The van der Waals surface area contributed by atoms with Crippen molar-refractivity contribution in [2.24, 2.45) is 23.7 Å². The van der Waals surface area contributed by atoms with E-state index in [2.05, 4.69) is 0 Å². The Kier molecular flexibility index (Phi) is 3.71. The van der Waals surface area contributed by atoms with Crippen LogP contribution in [0.25, 0.3) is 0 Å². The van der Waals surface area contributed by atoms with E-state index in [-0.39, 0.29) is 30.9 Å². The zero-order valence-electron chi connectivity index (χ0n) is 10.5. The van der Waals surface area contributed by atoms with E-state index < -0.39 is 17.8 Å². The Hall–Kier alpha value is -1.36. The molecule has 0 aromatic carbocycles. The van der Waals surface area contributed by atoms with Gasteiger partial charge in [0.2, 0.25) is 5.91 Å². The van der Waals surface area contributed by atoms with Crippen molar-refractivity contribution in [3.8, 4) is 0 Å². The lowest BCUT2D eigenvalue weighted by molar-refractivity contribution is -0.151. The highest BCUT2D eigenvalue weighted by Crippen LogP contribution is 2.48. The van der Waals surface area contributed by atoms with Crippen molar-refractivity contribution >= 4 is 11.9 Å². The van der Waals surface area contributed by atoms with Crippen LogP contribution in [-0.2, 0) is 9.59 Å². The summed E-state index contributed by atoms with van der Waals surface area (Å²) >= 11 is 0. The van der Waals surface area contributed by atoms with Crippen LogP contribution in [0.5, 0.6) is 0 Å². The third-order valence-corrected chi connectivity index (χ3v) is 4.09. The van der Waals surface area contributed by atoms with E-state index >= 15 is 0 Å². The van der Waals surface area contributed by atoms with Gasteiger partial charge >= 0.3 is 5.97 Å². The van der Waals surface area contributed by atoms with Gasteiger partial charge in [0, 0.05) is 13.1 Å². The molecule has 5 heteroatoms. The Morgan fingerprint density at radius 3 is 2.39 bits per heavy atom. The molecule has 1 amide bonds. The SMILES string of the molecule is CCN(CCO)C(=O)[C@H]1C2C=CC(C2)[C@H]1C(=O)O. The minimum Gasteiger partial charge on any atom is -0.481 e. The molecule has 0 aromatic heterocycles. The first-order valence-corrected chi connectivity index (χ1v) is 6.41. The summed E-state index contributed by atoms with van der Waals surface area (Å²) < 4.78 is 0. The van der Waals surface area contributed by atoms with E-state index in [1.165, 1.54) is 0 Å². The van der Waals surface area contributed by atoms with E-state index in [1.807, 2.05) is 19.1 Å². The van der Waals surface area contributed by atoms with E-state index in [0.717, 1.165) is 6.42 Å². The minimum atomic E-state index is -0.884. The molecule has 0 aromatic rings. The van der Waals surface area contributed by atoms with Crippen molar-refractivity contribution in [2.45, 2.75) is 13.3 Å². The van der Waals surface area contributed by atoms with Crippen LogP contribution in [0.3, 0.4) is 0 Å². The van der Waals surface area contributed by atoms with Gasteiger partial charge in [0.25, 0.3) is 0 Å². The number of aliphatic hydroxyl groups is 1. The van der Waals surface area contributed by atoms with E-state index in [4.69, 9.17) is 5.11 Å². The number of hydrogen-bond acceptors (Lipinski definition) is 3. The maximum Gasteiger partial charge on any atom is 0.307 e. The summed E-state index contributed by atoms with van der Waals surface area (Å²) in [5.74, 6) is -2.02. The topological polar surface area (TPSA) is 77.8 Å². The number of carbonyl (C=O) groups excluding carboxylic acids is 1. The quantitative estimate of drug-likeness (QED) is 0.693. The third-order valence-electron chi connectivity index (χ3n) is 4.09. The molecule has 18 heavy (non-hydrogen) atoms. The molecule has 4 atom stereocenters. The second kappa shape index (κ2) is 5.10. The highest BCUT2D eigenvalue weighted by molar-refractivity contribution is 5.86. The van der Waals surface area contributed by atoms with Crippen molar-refractivity contribution < 1.29 is 19.8 Å². The number of carbonyl (C=O) groups is 2. The molecule has 0 aliphatic heterocycles. The average Bonchev–Trinajstić information content (AvgIpc) is 2.94. The van der Waals surface area contributed by atoms with Crippen molar-refractivity contribution in [3.05, 3.63) is 12.2 Å². The summed E-state index contributed by atoms with van der Waals surface area (Å²) in [5.41, 5.74) is 0. The van der Waals surface area contributed by atoms with Gasteiger partial charge in [0.15, 0.2) is 0 Å². The average molecular weight is 253 g/mol. The van der Waals surface area contributed by atoms with Crippen LogP contribution < -0.4 is 0 Å². The summed E-state index contributed by atoms with van der Waals surface area (Å²) in [5, 5.41) is 18.2. The Morgan fingerprint density at radius 2 is 1.89 bits per heavy atom. The zero-order valence-corrected chi connectivity index (χ0v) is 10.5. The molecule has 2 aliphatic rings. The number of rotatable bonds is 5. The first-order chi connectivity index (χ1) is 8.60. The van der Waals surface area contributed by atoms with Crippen LogP contribution in [0.2, 0.25) is 0 Å². The van der Waals surface area contributed by atoms with Crippen LogP contribution in [0.4, 0.5) is 0 Å². The Morgan fingerprint density at radius 1 is 1.28 bits per heavy atom. The van der Waals surface area contributed by atoms with Crippen LogP contribution >= 0.6 is 0 Å². The highest BCUT2D eigenvalue weighted by Gasteiger charge is 2.52. The molecule has 1 fully saturated rings. The summed E-state index contributed by atoms with van der Waals surface area (Å²) in [6, 6.07) is 0. The molecule has 0 saturated heterocycles. The molecule has 0 radical (unpaired) electrons. The van der Waals surface area contributed by atoms with Gasteiger partial charge < -0.3 is 15.1 Å². The maximum atomic E-state index is 12.4. The standard InChI is InChI=1S/C13H19NO4/c1-2-14(5-6-15)12(16)10-8-3-4-9(7-8)11(10)13(17)18/h3-4,8-11,15H,2,5-7H2,1H3,(H,17,18)/t8?,9?,10-,11+/m0/s1. The largest absolute Gasteiger partial charge is 0.481 e. The second-order valence-corrected chi connectivity index (χ2v) is 4.98. The fourth-order valence-electron chi connectivity index (χ4n) is 3.25. The molecule has 1 saturated carbocycles. The lowest BCUT2D eigenvalue weighted by atomic mass is 9.82. The van der Waals surface area contributed by atoms with E-state index in [9.17, 15) is 14.7 Å². The van der Waals surface area contributed by atoms with Crippen LogP contribution in [0.1, 0.15) is 13.3 Å². The summed E-state index contributed by atoms with van der Waals surface area (Å²) in [6.45, 7) is 2.53. The number of aliphatic carboxylic acids is 1. The van der Waals surface area contributed by atoms with Crippen LogP contribution in [0.15, 0.2) is 12.2 Å². The second-order valence-electron chi connectivity index (χ2n) is 4.98. The smallest absolute Gasteiger partial charge is 0.307 e. The van der Waals surface area contributed by atoms with Gasteiger partial charge in [-0.05, 0) is 25.2 Å². The maximum absolute atomic E-state index is 12.4. The van der Waals surface area contributed by atoms with Gasteiger partial charge in [-0.1, -0.05) is 12.2 Å². The normalized spacial score (nSPS) is 32.8. The Balaban J connectivity index is 2.18. The first-order valence-electron chi connectivity index (χ1n) is 6.41. The molecule has 5 nitrogen and oxygen atoms in total. The van der Waals surface area contributed by atoms with Crippen molar-refractivity contribution in [2.75, 3.05) is 19.7 Å². The molecular weight excluding hydrogens is 234 g/mol. The van der Waals surface area contributed by atoms with Gasteiger partial charge in [0.05, 0.1) is 18.4 Å². The van der Waals surface area contributed by atoms with Crippen LogP contribution in [0, 0.1) is 23.7 Å². The lowest BCUT2D eigenvalue weighted by Crippen LogP contribution is -2.43. The van der Waals surface area contributed by atoms with Gasteiger partial charge in [-0.25, -0.2) is 0 Å². The number of likely N-dealkylation sites (N-methyl/N-ethyl adjacent to an activating group) is 1. The molecule has 2 rings (SSSR count). The Labute approximate surface area is 106 Å². The number of nitrogens with zero attached hydrogens (tertiary/aromatic N) is 1. The Bertz CT molecular complexity index is 379. The molecule has 100 valence electrons. The molecular formula is C13H19NO4. The van der Waals surface area contributed by atoms with Crippen molar-refractivity contribution in [1.82, 2.24) is 4.90 Å². The monoisotopic (exact) mass is 253 g/mol. The molecule has 2 bridgehead atoms. The number of amides is 1. The molecule has 2 unspecified atom stereocenters. The molecule has 0 spiro atoms. The first kappa shape index (κ1) is 13.1. The zero-order chi connectivity index (χ0) is 13.3. The van der Waals surface area contributed by atoms with Gasteiger partial charge in [0.1, 0.15) is 0 Å². The van der Waals surface area contributed by atoms with Gasteiger partial charge in [-0.3, -0.25) is 9.59 Å². The minimum absolute atomic E-state index is 0.00529. The number of aliphatic hydroxyl groups excluding tert-OH is 1. The lowest BCUT2D eigenvalue weighted by Gasteiger charge is -2.29. The predicted molar refractivity (Wildman–Crippen MR) is 64.7 cm³/mol. The highest BCUT2D eigenvalue weighted by atomic mass is 16.4. The third kappa shape index (κ3) is 2.03. The van der Waals surface area contributed by atoms with Crippen LogP contribution in [-0.4, -0.2) is 46.7 Å². The fraction of sp³-hybridized carbons (Fsp3) is 0.692. The summed E-state index contributed by atoms with van der Waals surface area (Å²) in [7, 11) is 0. The predicted octanol–water partition coefficient (Wildman–Crippen LogP) is 0.350. The molecule has 0 heterocycles. The number of hydrogen-bond donors (Lipinski definition) is 2. The molecule has 2 aliphatic carbocycles.